The molecule has 2 aromatic rings. The molecule has 0 aromatic heterocycles. The van der Waals surface area contributed by atoms with E-state index in [1.807, 2.05) is 13.8 Å². The smallest absolute Gasteiger partial charge is 0.310 e. The SMILES string of the molecule is CC(C)C[C@H](NCc1ccccc1N)C(=O)N[C@@H](CCC(=O)O)C(=O)N[C@@H](C)C(=O)NCC(=O)N[C@@H](Cc1ccc(O)c([N+](=O)[O-])c1)C(=O)N[C@@H](CCC(=O)O)C(N)=O. The first kappa shape index (κ1) is 48.3. The Morgan fingerprint density at radius 3 is 1.92 bits per heavy atom. The molecule has 0 radical (unpaired) electrons. The lowest BCUT2D eigenvalue weighted by Crippen LogP contribution is -2.57. The van der Waals surface area contributed by atoms with E-state index >= 15 is 0 Å². The van der Waals surface area contributed by atoms with Crippen LogP contribution in [0.1, 0.15) is 64.0 Å². The van der Waals surface area contributed by atoms with Crippen molar-refractivity contribution in [2.24, 2.45) is 11.7 Å². The van der Waals surface area contributed by atoms with Gasteiger partial charge >= 0.3 is 17.6 Å². The molecule has 0 unspecified atom stereocenters. The van der Waals surface area contributed by atoms with E-state index in [1.54, 1.807) is 24.3 Å². The van der Waals surface area contributed by atoms with E-state index in [2.05, 4.69) is 31.9 Å². The number of nitrogens with one attached hydrogen (secondary N) is 6. The second-order valence-corrected chi connectivity index (χ2v) is 14.0. The maximum atomic E-state index is 13.4. The highest BCUT2D eigenvalue weighted by Gasteiger charge is 2.30. The third kappa shape index (κ3) is 17.0. The number of aromatic hydroxyl groups is 1. The molecule has 0 saturated carbocycles. The second-order valence-electron chi connectivity index (χ2n) is 14.0. The number of nitro benzene ring substituents is 1. The van der Waals surface area contributed by atoms with Crippen molar-refractivity contribution >= 4 is 58.8 Å². The molecule has 22 nitrogen and oxygen atoms in total. The molecule has 0 aliphatic carbocycles. The van der Waals surface area contributed by atoms with Crippen molar-refractivity contribution in [3.8, 4) is 5.75 Å². The fraction of sp³-hybridized carbons (Fsp3) is 0.459. The fourth-order valence-corrected chi connectivity index (χ4v) is 5.55. The molecule has 59 heavy (non-hydrogen) atoms. The summed E-state index contributed by atoms with van der Waals surface area (Å²) in [7, 11) is 0. The van der Waals surface area contributed by atoms with Gasteiger partial charge in [-0.3, -0.25) is 48.5 Å². The fourth-order valence-electron chi connectivity index (χ4n) is 5.55. The highest BCUT2D eigenvalue weighted by atomic mass is 16.6. The van der Waals surface area contributed by atoms with Crippen LogP contribution in [0.4, 0.5) is 11.4 Å². The Morgan fingerprint density at radius 2 is 1.34 bits per heavy atom. The van der Waals surface area contributed by atoms with Gasteiger partial charge in [0.2, 0.25) is 35.4 Å². The largest absolute Gasteiger partial charge is 0.502 e. The highest BCUT2D eigenvalue weighted by molar-refractivity contribution is 5.95. The molecule has 2 rings (SSSR count). The number of hydrogen-bond acceptors (Lipinski definition) is 13. The molecule has 0 aliphatic heterocycles. The first-order chi connectivity index (χ1) is 27.7. The minimum Gasteiger partial charge on any atom is -0.502 e. The molecule has 0 spiro atoms. The quantitative estimate of drug-likeness (QED) is 0.0322. The Morgan fingerprint density at radius 1 is 0.763 bits per heavy atom. The molecular formula is C37H51N9O13. The van der Waals surface area contributed by atoms with Crippen LogP contribution in [0.3, 0.4) is 0 Å². The third-order valence-corrected chi connectivity index (χ3v) is 8.71. The second kappa shape index (κ2) is 23.4. The molecule has 322 valence electrons. The van der Waals surface area contributed by atoms with Gasteiger partial charge in [0.25, 0.3) is 0 Å². The number of hydrogen-bond donors (Lipinski definition) is 11. The number of primary amides is 1. The molecule has 0 saturated heterocycles. The summed E-state index contributed by atoms with van der Waals surface area (Å²) >= 11 is 0. The number of nitrogen functional groups attached to an aromatic ring is 1. The minimum atomic E-state index is -1.58. The van der Waals surface area contributed by atoms with E-state index in [1.165, 1.54) is 13.0 Å². The third-order valence-electron chi connectivity index (χ3n) is 8.71. The molecular weight excluding hydrogens is 778 g/mol. The summed E-state index contributed by atoms with van der Waals surface area (Å²) in [6.07, 6.45) is -1.88. The average Bonchev–Trinajstić information content (AvgIpc) is 3.15. The average molecular weight is 830 g/mol. The number of carboxylic acids is 2. The number of nitrogens with two attached hydrogens (primary N) is 2. The number of phenolic OH excluding ortho intramolecular Hbond substituents is 1. The Hall–Kier alpha value is -6.84. The zero-order valence-electron chi connectivity index (χ0n) is 32.7. The summed E-state index contributed by atoms with van der Waals surface area (Å²) in [5, 5.41) is 54.4. The number of aliphatic carboxylic acids is 2. The first-order valence-corrected chi connectivity index (χ1v) is 18.4. The van der Waals surface area contributed by atoms with E-state index in [4.69, 9.17) is 16.6 Å². The maximum absolute atomic E-state index is 13.4. The van der Waals surface area contributed by atoms with Crippen LogP contribution < -0.4 is 43.4 Å². The van der Waals surface area contributed by atoms with E-state index < -0.39 is 126 Å². The number of carboxylic acid groups (broad SMARTS) is 2. The van der Waals surface area contributed by atoms with Gasteiger partial charge in [-0.1, -0.05) is 38.1 Å². The summed E-state index contributed by atoms with van der Waals surface area (Å²) in [5.74, 6) is -8.69. The molecule has 0 fully saturated rings. The van der Waals surface area contributed by atoms with Crippen LogP contribution in [-0.2, 0) is 51.3 Å². The highest BCUT2D eigenvalue weighted by Crippen LogP contribution is 2.27. The van der Waals surface area contributed by atoms with Crippen LogP contribution in [0.15, 0.2) is 42.5 Å². The van der Waals surface area contributed by atoms with Gasteiger partial charge in [0.15, 0.2) is 5.75 Å². The molecule has 0 bridgehead atoms. The molecule has 0 aliphatic rings. The predicted octanol–water partition coefficient (Wildman–Crippen LogP) is -1.08. The first-order valence-electron chi connectivity index (χ1n) is 18.4. The summed E-state index contributed by atoms with van der Waals surface area (Å²) in [4.78, 5) is 111. The summed E-state index contributed by atoms with van der Waals surface area (Å²) < 4.78 is 0. The van der Waals surface area contributed by atoms with Gasteiger partial charge in [-0.05, 0) is 55.4 Å². The number of anilines is 1. The van der Waals surface area contributed by atoms with E-state index in [0.29, 0.717) is 12.1 Å². The van der Waals surface area contributed by atoms with E-state index in [9.17, 15) is 58.7 Å². The van der Waals surface area contributed by atoms with Gasteiger partial charge in [0.1, 0.15) is 24.2 Å². The number of phenols is 1. The number of amides is 6. The van der Waals surface area contributed by atoms with Crippen molar-refractivity contribution in [1.82, 2.24) is 31.9 Å². The predicted molar refractivity (Wildman–Crippen MR) is 209 cm³/mol. The number of carbonyl (C=O) groups is 8. The Balaban J connectivity index is 2.15. The lowest BCUT2D eigenvalue weighted by molar-refractivity contribution is -0.385. The Kier molecular flexibility index (Phi) is 19.2. The van der Waals surface area contributed by atoms with Crippen LogP contribution in [0.2, 0.25) is 0 Å². The van der Waals surface area contributed by atoms with E-state index in [0.717, 1.165) is 17.7 Å². The summed E-state index contributed by atoms with van der Waals surface area (Å²) in [6.45, 7) is 4.46. The Labute approximate surface area is 338 Å². The van der Waals surface area contributed by atoms with Gasteiger partial charge < -0.3 is 58.7 Å². The Bertz CT molecular complexity index is 1870. The number of rotatable bonds is 25. The molecule has 0 heterocycles. The standard InChI is InChI=1S/C37H51N9O13/c1-19(2)14-26(40-17-22-6-4-5-7-23(22)38)36(56)45-25(10-13-32(51)52)35(55)42-20(3)34(54)41-18-30(48)43-27(15-21-8-11-29(47)28(16-21)46(58)59)37(57)44-24(33(39)53)9-12-31(49)50/h4-8,11,16,19-20,24-27,40,47H,9-10,12-15,17-18,38H2,1-3H3,(H2,39,53)(H,41,54)(H,42,55)(H,43,48)(H,44,57)(H,45,56)(H,49,50)(H,51,52)/t20-,24-,25-,26-,27-/m0/s1. The lowest BCUT2D eigenvalue weighted by Gasteiger charge is -2.25. The lowest BCUT2D eigenvalue weighted by atomic mass is 10.0. The summed E-state index contributed by atoms with van der Waals surface area (Å²) in [6, 6.07) is 3.59. The van der Waals surface area contributed by atoms with Crippen LogP contribution in [0.5, 0.6) is 5.75 Å². The van der Waals surface area contributed by atoms with Crippen molar-refractivity contribution in [3.05, 3.63) is 63.7 Å². The van der Waals surface area contributed by atoms with Crippen LogP contribution >= 0.6 is 0 Å². The molecule has 13 N–H and O–H groups in total. The van der Waals surface area contributed by atoms with Crippen molar-refractivity contribution in [1.29, 1.82) is 0 Å². The van der Waals surface area contributed by atoms with Gasteiger partial charge in [-0.25, -0.2) is 0 Å². The summed E-state index contributed by atoms with van der Waals surface area (Å²) in [5.41, 5.74) is 11.9. The number of nitrogens with zero attached hydrogens (tertiary/aromatic N) is 1. The zero-order chi connectivity index (χ0) is 44.4. The van der Waals surface area contributed by atoms with Gasteiger partial charge in [-0.2, -0.15) is 0 Å². The molecule has 6 amide bonds. The van der Waals surface area contributed by atoms with Gasteiger partial charge in [0, 0.05) is 37.6 Å². The molecule has 5 atom stereocenters. The molecule has 2 aromatic carbocycles. The number of para-hydroxylation sites is 1. The zero-order valence-corrected chi connectivity index (χ0v) is 32.7. The van der Waals surface area contributed by atoms with Crippen molar-refractivity contribution < 1.29 is 58.6 Å². The van der Waals surface area contributed by atoms with Gasteiger partial charge in [-0.15, -0.1) is 0 Å². The van der Waals surface area contributed by atoms with Crippen LogP contribution in [0.25, 0.3) is 0 Å². The number of benzene rings is 2. The van der Waals surface area contributed by atoms with Gasteiger partial charge in [0.05, 0.1) is 17.5 Å². The minimum absolute atomic E-state index is 0.0355. The van der Waals surface area contributed by atoms with Crippen LogP contribution in [0, 0.1) is 16.0 Å². The topological polar surface area (TPSA) is 365 Å². The van der Waals surface area contributed by atoms with Crippen molar-refractivity contribution in [2.75, 3.05) is 12.3 Å². The number of carbonyl (C=O) groups excluding carboxylic acids is 6. The molecule has 22 heteroatoms. The maximum Gasteiger partial charge on any atom is 0.310 e. The van der Waals surface area contributed by atoms with Crippen molar-refractivity contribution in [3.63, 3.8) is 0 Å². The monoisotopic (exact) mass is 829 g/mol. The normalized spacial score (nSPS) is 13.4. The van der Waals surface area contributed by atoms with Crippen molar-refractivity contribution in [2.45, 2.75) is 96.1 Å². The van der Waals surface area contributed by atoms with Crippen LogP contribution in [-0.4, -0.2) is 104 Å². The van der Waals surface area contributed by atoms with E-state index in [-0.39, 0.29) is 24.4 Å². The number of nitro groups is 1.